The van der Waals surface area contributed by atoms with Gasteiger partial charge < -0.3 is 24.7 Å². The van der Waals surface area contributed by atoms with Gasteiger partial charge in [0.05, 0.1) is 26.7 Å². The molecule has 6 heteroatoms. The molecule has 0 saturated heterocycles. The Hall–Kier alpha value is -2.99. The van der Waals surface area contributed by atoms with Gasteiger partial charge in [-0.15, -0.1) is 0 Å². The van der Waals surface area contributed by atoms with E-state index < -0.39 is 0 Å². The number of nitrogens with two attached hydrogens (primary N) is 1. The number of H-pyrrole nitrogens is 1. The third-order valence-electron chi connectivity index (χ3n) is 5.36. The Balaban J connectivity index is 2.04. The fourth-order valence-corrected chi connectivity index (χ4v) is 3.84. The van der Waals surface area contributed by atoms with Crippen molar-refractivity contribution >= 4 is 16.8 Å². The van der Waals surface area contributed by atoms with Gasteiger partial charge in [-0.05, 0) is 24.6 Å². The number of benzene rings is 2. The van der Waals surface area contributed by atoms with Crippen molar-refractivity contribution in [2.75, 3.05) is 34.9 Å². The Bertz CT molecular complexity index is 980. The minimum atomic E-state index is -0.172. The number of likely N-dealkylation sites (N-methyl/N-ethyl adjacent to an activating group) is 1. The minimum absolute atomic E-state index is 0.0219. The maximum absolute atomic E-state index is 12.4. The van der Waals surface area contributed by atoms with E-state index in [1.807, 2.05) is 31.2 Å². The topological polar surface area (TPSA) is 71.2 Å². The first-order valence-corrected chi connectivity index (χ1v) is 9.79. The first kappa shape index (κ1) is 20.7. The maximum atomic E-state index is 12.4. The van der Waals surface area contributed by atoms with E-state index in [2.05, 4.69) is 34.7 Å². The molecule has 1 amide bonds. The van der Waals surface area contributed by atoms with Gasteiger partial charge in [0, 0.05) is 36.8 Å². The number of nitrogens with zero attached hydrogens (tertiary/aromatic N) is 1. The number of hydrogen-bond acceptors (Lipinski definition) is 3. The highest BCUT2D eigenvalue weighted by atomic mass is 16.5. The van der Waals surface area contributed by atoms with Gasteiger partial charge in [0.2, 0.25) is 0 Å². The van der Waals surface area contributed by atoms with E-state index in [0.29, 0.717) is 12.3 Å². The highest BCUT2D eigenvalue weighted by molar-refractivity contribution is 5.84. The molecule has 0 aliphatic rings. The molecule has 0 aliphatic carbocycles. The standard InChI is InChI=1S/C23H29N3O3/c1-15(23(27)26(2)3)24-13-19(17-10-8-12-21(28-4)22(17)29-5)18-14-25-20-11-7-6-9-16(18)20/h6-12,14-15,19,24-25H,13H2,1-5H3/p+1/t15-,19+/m1/s1. The third-order valence-corrected chi connectivity index (χ3v) is 5.36. The molecule has 0 aliphatic heterocycles. The summed E-state index contributed by atoms with van der Waals surface area (Å²) in [4.78, 5) is 17.4. The zero-order chi connectivity index (χ0) is 21.0. The fourth-order valence-electron chi connectivity index (χ4n) is 3.84. The van der Waals surface area contributed by atoms with Crippen LogP contribution in [0.5, 0.6) is 11.5 Å². The zero-order valence-electron chi connectivity index (χ0n) is 17.7. The van der Waals surface area contributed by atoms with Crippen LogP contribution >= 0.6 is 0 Å². The van der Waals surface area contributed by atoms with E-state index in [-0.39, 0.29) is 17.9 Å². The minimum Gasteiger partial charge on any atom is -0.493 e. The summed E-state index contributed by atoms with van der Waals surface area (Å²) in [6.45, 7) is 2.64. The van der Waals surface area contributed by atoms with Crippen LogP contribution in [0.1, 0.15) is 24.0 Å². The van der Waals surface area contributed by atoms with E-state index in [9.17, 15) is 4.79 Å². The highest BCUT2D eigenvalue weighted by Crippen LogP contribution is 2.39. The van der Waals surface area contributed by atoms with E-state index in [0.717, 1.165) is 16.8 Å². The second kappa shape index (κ2) is 9.01. The normalized spacial score (nSPS) is 13.1. The quantitative estimate of drug-likeness (QED) is 0.614. The SMILES string of the molecule is COc1cccc([C@H](C[NH2+][C@H](C)C(=O)N(C)C)c2c[nH]c3ccccc23)c1OC. The summed E-state index contributed by atoms with van der Waals surface area (Å²) in [6, 6.07) is 14.0. The van der Waals surface area contributed by atoms with Crippen molar-refractivity contribution in [3.8, 4) is 11.5 Å². The lowest BCUT2D eigenvalue weighted by Gasteiger charge is -2.22. The molecule has 3 rings (SSSR count). The molecule has 3 N–H and O–H groups in total. The van der Waals surface area contributed by atoms with Gasteiger partial charge in [0.25, 0.3) is 5.91 Å². The Morgan fingerprint density at radius 1 is 1.07 bits per heavy atom. The maximum Gasteiger partial charge on any atom is 0.279 e. The number of aromatic nitrogens is 1. The molecule has 3 aromatic rings. The van der Waals surface area contributed by atoms with Crippen LogP contribution in [-0.2, 0) is 4.79 Å². The van der Waals surface area contributed by atoms with Crippen LogP contribution in [0.2, 0.25) is 0 Å². The summed E-state index contributed by atoms with van der Waals surface area (Å²) < 4.78 is 11.3. The van der Waals surface area contributed by atoms with Crippen LogP contribution in [0.25, 0.3) is 10.9 Å². The lowest BCUT2D eigenvalue weighted by Crippen LogP contribution is -2.92. The molecule has 0 fully saturated rings. The molecule has 0 saturated carbocycles. The van der Waals surface area contributed by atoms with Crippen LogP contribution in [0.15, 0.2) is 48.7 Å². The molecule has 0 spiro atoms. The summed E-state index contributed by atoms with van der Waals surface area (Å²) in [6.07, 6.45) is 2.06. The highest BCUT2D eigenvalue weighted by Gasteiger charge is 2.27. The van der Waals surface area contributed by atoms with Gasteiger partial charge in [-0.1, -0.05) is 30.3 Å². The Morgan fingerprint density at radius 3 is 2.52 bits per heavy atom. The number of methoxy groups -OCH3 is 2. The number of quaternary nitrogens is 1. The van der Waals surface area contributed by atoms with Crippen molar-refractivity contribution in [3.63, 3.8) is 0 Å². The van der Waals surface area contributed by atoms with Crippen molar-refractivity contribution < 1.29 is 19.6 Å². The molecular weight excluding hydrogens is 366 g/mol. The molecule has 6 nitrogen and oxygen atoms in total. The molecule has 2 atom stereocenters. The lowest BCUT2D eigenvalue weighted by molar-refractivity contribution is -0.675. The average molecular weight is 397 g/mol. The molecule has 0 bridgehead atoms. The summed E-state index contributed by atoms with van der Waals surface area (Å²) in [5, 5.41) is 3.26. The average Bonchev–Trinajstić information content (AvgIpc) is 3.16. The van der Waals surface area contributed by atoms with Gasteiger partial charge >= 0.3 is 0 Å². The second-order valence-corrected chi connectivity index (χ2v) is 7.42. The largest absolute Gasteiger partial charge is 0.493 e. The molecule has 0 radical (unpaired) electrons. The number of amides is 1. The number of nitrogens with one attached hydrogen (secondary N) is 1. The van der Waals surface area contributed by atoms with Crippen LogP contribution in [0, 0.1) is 0 Å². The predicted molar refractivity (Wildman–Crippen MR) is 115 cm³/mol. The summed E-state index contributed by atoms with van der Waals surface area (Å²) >= 11 is 0. The number of fused-ring (bicyclic) bond motifs is 1. The monoisotopic (exact) mass is 396 g/mol. The summed E-state index contributed by atoms with van der Waals surface area (Å²) in [7, 11) is 6.88. The molecule has 154 valence electrons. The molecular formula is C23H30N3O3+. The number of rotatable bonds is 8. The first-order chi connectivity index (χ1) is 14.0. The van der Waals surface area contributed by atoms with Crippen LogP contribution in [0.3, 0.4) is 0 Å². The number of para-hydroxylation sites is 2. The van der Waals surface area contributed by atoms with E-state index in [1.165, 1.54) is 10.9 Å². The first-order valence-electron chi connectivity index (χ1n) is 9.79. The third kappa shape index (κ3) is 4.22. The number of ether oxygens (including phenoxy) is 2. The number of carbonyl (C=O) groups is 1. The van der Waals surface area contributed by atoms with E-state index in [1.54, 1.807) is 33.2 Å². The Labute approximate surface area is 171 Å². The van der Waals surface area contributed by atoms with Crippen LogP contribution in [0.4, 0.5) is 0 Å². The van der Waals surface area contributed by atoms with Gasteiger partial charge in [0.15, 0.2) is 17.5 Å². The molecule has 0 unspecified atom stereocenters. The van der Waals surface area contributed by atoms with Gasteiger partial charge in [-0.25, -0.2) is 0 Å². The van der Waals surface area contributed by atoms with Crippen molar-refractivity contribution in [2.24, 2.45) is 0 Å². The van der Waals surface area contributed by atoms with E-state index in [4.69, 9.17) is 9.47 Å². The number of aromatic amines is 1. The van der Waals surface area contributed by atoms with Gasteiger partial charge in [0.1, 0.15) is 0 Å². The molecule has 1 heterocycles. The molecule has 29 heavy (non-hydrogen) atoms. The van der Waals surface area contributed by atoms with Gasteiger partial charge in [-0.3, -0.25) is 4.79 Å². The van der Waals surface area contributed by atoms with Crippen LogP contribution in [-0.4, -0.2) is 56.7 Å². The zero-order valence-corrected chi connectivity index (χ0v) is 17.7. The van der Waals surface area contributed by atoms with Crippen molar-refractivity contribution in [1.29, 1.82) is 0 Å². The summed E-state index contributed by atoms with van der Waals surface area (Å²) in [5.74, 6) is 1.55. The fraction of sp³-hybridized carbons (Fsp3) is 0.348. The second-order valence-electron chi connectivity index (χ2n) is 7.42. The molecule has 1 aromatic heterocycles. The number of hydrogen-bond donors (Lipinski definition) is 2. The summed E-state index contributed by atoms with van der Waals surface area (Å²) in [5.41, 5.74) is 3.30. The van der Waals surface area contributed by atoms with Crippen molar-refractivity contribution in [1.82, 2.24) is 9.88 Å². The van der Waals surface area contributed by atoms with Gasteiger partial charge in [-0.2, -0.15) is 0 Å². The molecule has 2 aromatic carbocycles. The predicted octanol–water partition coefficient (Wildman–Crippen LogP) is 2.36. The lowest BCUT2D eigenvalue weighted by atomic mass is 9.89. The van der Waals surface area contributed by atoms with Crippen molar-refractivity contribution in [3.05, 3.63) is 59.8 Å². The smallest absolute Gasteiger partial charge is 0.279 e. The van der Waals surface area contributed by atoms with Crippen molar-refractivity contribution in [2.45, 2.75) is 18.9 Å². The Morgan fingerprint density at radius 2 is 1.83 bits per heavy atom. The van der Waals surface area contributed by atoms with Crippen LogP contribution < -0.4 is 14.8 Å². The van der Waals surface area contributed by atoms with E-state index >= 15 is 0 Å². The number of carbonyl (C=O) groups excluding carboxylic acids is 1. The Kier molecular flexibility index (Phi) is 6.44.